The number of carbonyl (C=O) groups excluding carboxylic acids is 1. The van der Waals surface area contributed by atoms with Crippen molar-refractivity contribution >= 4 is 12.0 Å². The summed E-state index contributed by atoms with van der Waals surface area (Å²) in [6, 6.07) is 10.6. The molecule has 2 heterocycles. The van der Waals surface area contributed by atoms with Crippen LogP contribution in [-0.2, 0) is 4.79 Å². The summed E-state index contributed by atoms with van der Waals surface area (Å²) in [5, 5.41) is 0. The number of amides is 1. The molecule has 3 nitrogen and oxygen atoms in total. The van der Waals surface area contributed by atoms with E-state index in [-0.39, 0.29) is 12.0 Å². The number of hydrogen-bond acceptors (Lipinski definition) is 2. The molecule has 0 unspecified atom stereocenters. The Balaban J connectivity index is 1.66. The first kappa shape index (κ1) is 16.3. The van der Waals surface area contributed by atoms with Crippen LogP contribution in [0.25, 0.3) is 6.08 Å². The summed E-state index contributed by atoms with van der Waals surface area (Å²) in [5.74, 6) is 0.489. The molecule has 0 aromatic heterocycles. The van der Waals surface area contributed by atoms with E-state index in [0.717, 1.165) is 26.1 Å². The van der Waals surface area contributed by atoms with E-state index in [1.807, 2.05) is 18.0 Å². The van der Waals surface area contributed by atoms with Crippen LogP contribution in [0.1, 0.15) is 38.2 Å². The van der Waals surface area contributed by atoms with Gasteiger partial charge < -0.3 is 9.80 Å². The minimum absolute atomic E-state index is 0.169. The number of hydrogen-bond donors (Lipinski definition) is 0. The van der Waals surface area contributed by atoms with E-state index in [9.17, 15) is 4.79 Å². The zero-order valence-corrected chi connectivity index (χ0v) is 14.4. The van der Waals surface area contributed by atoms with Gasteiger partial charge in [0.1, 0.15) is 0 Å². The number of rotatable bonds is 4. The second-order valence-corrected chi connectivity index (χ2v) is 7.06. The monoisotopic (exact) mass is 312 g/mol. The standard InChI is InChI=1S/C20H28N2O/c1-16(13-17-9-5-3-6-10-17)19-14-18(20(23)21(19)2)15-22-11-7-4-8-12-22/h3,5-6,9-10,13,18-19H,4,7-8,11-12,14-15H2,1-2H3/t18-,19+/m0/s1. The molecular formula is C20H28N2O. The highest BCUT2D eigenvalue weighted by molar-refractivity contribution is 5.82. The fourth-order valence-electron chi connectivity index (χ4n) is 3.98. The molecule has 2 aliphatic heterocycles. The summed E-state index contributed by atoms with van der Waals surface area (Å²) in [7, 11) is 1.96. The Labute approximate surface area is 140 Å². The molecule has 1 aromatic rings. The Bertz CT molecular complexity index is 560. The molecule has 0 bridgehead atoms. The Morgan fingerprint density at radius 1 is 1.17 bits per heavy atom. The largest absolute Gasteiger partial charge is 0.339 e. The maximum Gasteiger partial charge on any atom is 0.227 e. The van der Waals surface area contributed by atoms with Gasteiger partial charge >= 0.3 is 0 Å². The van der Waals surface area contributed by atoms with Crippen LogP contribution in [-0.4, -0.2) is 48.4 Å². The highest BCUT2D eigenvalue weighted by Gasteiger charge is 2.38. The summed E-state index contributed by atoms with van der Waals surface area (Å²) < 4.78 is 0. The molecule has 3 rings (SSSR count). The molecule has 23 heavy (non-hydrogen) atoms. The Morgan fingerprint density at radius 2 is 1.87 bits per heavy atom. The van der Waals surface area contributed by atoms with Gasteiger partial charge in [0.2, 0.25) is 5.91 Å². The van der Waals surface area contributed by atoms with Crippen LogP contribution in [0, 0.1) is 5.92 Å². The lowest BCUT2D eigenvalue weighted by atomic mass is 9.98. The smallest absolute Gasteiger partial charge is 0.227 e. The molecule has 124 valence electrons. The van der Waals surface area contributed by atoms with E-state index < -0.39 is 0 Å². The van der Waals surface area contributed by atoms with Crippen molar-refractivity contribution in [2.24, 2.45) is 5.92 Å². The molecule has 2 atom stereocenters. The van der Waals surface area contributed by atoms with Crippen molar-refractivity contribution in [1.29, 1.82) is 0 Å². The van der Waals surface area contributed by atoms with Crippen LogP contribution >= 0.6 is 0 Å². The average Bonchev–Trinajstić information content (AvgIpc) is 2.85. The highest BCUT2D eigenvalue weighted by atomic mass is 16.2. The summed E-state index contributed by atoms with van der Waals surface area (Å²) in [4.78, 5) is 17.1. The lowest BCUT2D eigenvalue weighted by Crippen LogP contribution is -2.37. The van der Waals surface area contributed by atoms with Crippen LogP contribution in [0.3, 0.4) is 0 Å². The highest BCUT2D eigenvalue weighted by Crippen LogP contribution is 2.30. The second-order valence-electron chi connectivity index (χ2n) is 7.06. The summed E-state index contributed by atoms with van der Waals surface area (Å²) in [6.07, 6.45) is 7.09. The maximum absolute atomic E-state index is 12.6. The average molecular weight is 312 g/mol. The number of likely N-dealkylation sites (N-methyl/N-ethyl adjacent to an activating group) is 1. The first-order valence-electron chi connectivity index (χ1n) is 8.87. The molecule has 0 spiro atoms. The van der Waals surface area contributed by atoms with Crippen molar-refractivity contribution in [1.82, 2.24) is 9.80 Å². The topological polar surface area (TPSA) is 23.6 Å². The molecule has 0 aliphatic carbocycles. The molecular weight excluding hydrogens is 284 g/mol. The summed E-state index contributed by atoms with van der Waals surface area (Å²) >= 11 is 0. The molecule has 0 radical (unpaired) electrons. The van der Waals surface area contributed by atoms with Gasteiger partial charge in [-0.05, 0) is 44.8 Å². The van der Waals surface area contributed by atoms with E-state index in [0.29, 0.717) is 5.91 Å². The van der Waals surface area contributed by atoms with Gasteiger partial charge in [-0.25, -0.2) is 0 Å². The van der Waals surface area contributed by atoms with E-state index in [1.165, 1.54) is 30.4 Å². The van der Waals surface area contributed by atoms with E-state index in [4.69, 9.17) is 0 Å². The van der Waals surface area contributed by atoms with Crippen molar-refractivity contribution in [3.05, 3.63) is 41.5 Å². The molecule has 0 N–H and O–H groups in total. The lowest BCUT2D eigenvalue weighted by Gasteiger charge is -2.28. The molecule has 2 saturated heterocycles. The van der Waals surface area contributed by atoms with Crippen LogP contribution in [0.15, 0.2) is 35.9 Å². The molecule has 1 aromatic carbocycles. The third kappa shape index (κ3) is 3.84. The third-order valence-electron chi connectivity index (χ3n) is 5.32. The van der Waals surface area contributed by atoms with Crippen LogP contribution in [0.5, 0.6) is 0 Å². The minimum Gasteiger partial charge on any atom is -0.339 e. The normalized spacial score (nSPS) is 26.8. The Kier molecular flexibility index (Phi) is 5.16. The zero-order chi connectivity index (χ0) is 16.2. The SMILES string of the molecule is CC(=Cc1ccccc1)[C@H]1C[C@@H](CN2CCCCC2)C(=O)N1C. The van der Waals surface area contributed by atoms with E-state index >= 15 is 0 Å². The van der Waals surface area contributed by atoms with Crippen molar-refractivity contribution in [3.63, 3.8) is 0 Å². The van der Waals surface area contributed by atoms with Crippen LogP contribution in [0.4, 0.5) is 0 Å². The predicted octanol–water partition coefficient (Wildman–Crippen LogP) is 3.42. The fraction of sp³-hybridized carbons (Fsp3) is 0.550. The second kappa shape index (κ2) is 7.31. The first-order chi connectivity index (χ1) is 11.1. The quantitative estimate of drug-likeness (QED) is 0.850. The van der Waals surface area contributed by atoms with Gasteiger partial charge in [-0.3, -0.25) is 4.79 Å². The van der Waals surface area contributed by atoms with Crippen molar-refractivity contribution in [3.8, 4) is 0 Å². The van der Waals surface area contributed by atoms with E-state index in [1.54, 1.807) is 0 Å². The molecule has 1 amide bonds. The van der Waals surface area contributed by atoms with Gasteiger partial charge in [-0.2, -0.15) is 0 Å². The van der Waals surface area contributed by atoms with Gasteiger partial charge in [0.25, 0.3) is 0 Å². The summed E-state index contributed by atoms with van der Waals surface area (Å²) in [5.41, 5.74) is 2.50. The lowest BCUT2D eigenvalue weighted by molar-refractivity contribution is -0.131. The Hall–Kier alpha value is -1.61. The summed E-state index contributed by atoms with van der Waals surface area (Å²) in [6.45, 7) is 5.43. The van der Waals surface area contributed by atoms with Crippen molar-refractivity contribution < 1.29 is 4.79 Å². The van der Waals surface area contributed by atoms with Gasteiger partial charge in [0.15, 0.2) is 0 Å². The third-order valence-corrected chi connectivity index (χ3v) is 5.32. The molecule has 3 heteroatoms. The number of benzene rings is 1. The van der Waals surface area contributed by atoms with Crippen LogP contribution in [0.2, 0.25) is 0 Å². The number of piperidine rings is 1. The van der Waals surface area contributed by atoms with Crippen LogP contribution < -0.4 is 0 Å². The number of carbonyl (C=O) groups is 1. The Morgan fingerprint density at radius 3 is 2.57 bits per heavy atom. The zero-order valence-electron chi connectivity index (χ0n) is 14.4. The fourth-order valence-corrected chi connectivity index (χ4v) is 3.98. The first-order valence-corrected chi connectivity index (χ1v) is 8.87. The number of nitrogens with zero attached hydrogens (tertiary/aromatic N) is 2. The van der Waals surface area contributed by atoms with Gasteiger partial charge in [0, 0.05) is 13.6 Å². The number of likely N-dealkylation sites (tertiary alicyclic amines) is 2. The minimum atomic E-state index is 0.169. The molecule has 2 aliphatic rings. The molecule has 2 fully saturated rings. The van der Waals surface area contributed by atoms with Crippen molar-refractivity contribution in [2.45, 2.75) is 38.6 Å². The van der Waals surface area contributed by atoms with Gasteiger partial charge in [-0.15, -0.1) is 0 Å². The van der Waals surface area contributed by atoms with Crippen molar-refractivity contribution in [2.75, 3.05) is 26.7 Å². The van der Waals surface area contributed by atoms with Gasteiger partial charge in [-0.1, -0.05) is 48.4 Å². The molecule has 0 saturated carbocycles. The van der Waals surface area contributed by atoms with E-state index in [2.05, 4.69) is 42.2 Å². The maximum atomic E-state index is 12.6. The predicted molar refractivity (Wildman–Crippen MR) is 95.0 cm³/mol. The van der Waals surface area contributed by atoms with Gasteiger partial charge in [0.05, 0.1) is 12.0 Å².